The number of carboxylic acids is 1. The third-order valence-electron chi connectivity index (χ3n) is 4.90. The molecule has 0 saturated heterocycles. The quantitative estimate of drug-likeness (QED) is 0.801. The number of aryl methyl sites for hydroxylation is 1. The van der Waals surface area contributed by atoms with E-state index in [1.54, 1.807) is 13.8 Å². The molecule has 5 heteroatoms. The highest BCUT2D eigenvalue weighted by molar-refractivity contribution is 6.00. The number of amides is 1. The van der Waals surface area contributed by atoms with Crippen molar-refractivity contribution in [3.8, 4) is 0 Å². The second-order valence-electron chi connectivity index (χ2n) is 6.28. The summed E-state index contributed by atoms with van der Waals surface area (Å²) in [6, 6.07) is 0.170. The normalized spacial score (nSPS) is 25.6. The molecule has 0 aromatic carbocycles. The van der Waals surface area contributed by atoms with Crippen molar-refractivity contribution in [2.45, 2.75) is 53.0 Å². The van der Waals surface area contributed by atoms with E-state index >= 15 is 0 Å². The molecule has 1 amide bonds. The summed E-state index contributed by atoms with van der Waals surface area (Å²) in [4.78, 5) is 26.4. The van der Waals surface area contributed by atoms with Gasteiger partial charge in [0.1, 0.15) is 5.69 Å². The van der Waals surface area contributed by atoms with Crippen LogP contribution in [-0.4, -0.2) is 28.0 Å². The highest BCUT2D eigenvalue weighted by Gasteiger charge is 2.30. The largest absolute Gasteiger partial charge is 0.477 e. The van der Waals surface area contributed by atoms with Crippen LogP contribution < -0.4 is 5.32 Å². The summed E-state index contributed by atoms with van der Waals surface area (Å²) in [5.74, 6) is -0.151. The number of carboxylic acid groups (broad SMARTS) is 1. The van der Waals surface area contributed by atoms with Crippen LogP contribution in [0.4, 0.5) is 0 Å². The average molecular weight is 292 g/mol. The van der Waals surface area contributed by atoms with Gasteiger partial charge >= 0.3 is 5.97 Å². The zero-order valence-electron chi connectivity index (χ0n) is 13.1. The molecule has 0 bridgehead atoms. The van der Waals surface area contributed by atoms with Crippen molar-refractivity contribution >= 4 is 11.9 Å². The van der Waals surface area contributed by atoms with Crippen molar-refractivity contribution < 1.29 is 14.7 Å². The average Bonchev–Trinajstić information content (AvgIpc) is 2.70. The zero-order valence-corrected chi connectivity index (χ0v) is 13.1. The van der Waals surface area contributed by atoms with Crippen molar-refractivity contribution in [3.63, 3.8) is 0 Å². The fraction of sp³-hybridized carbons (Fsp3) is 0.625. The lowest BCUT2D eigenvalue weighted by Gasteiger charge is -2.34. The van der Waals surface area contributed by atoms with Gasteiger partial charge in [-0.15, -0.1) is 0 Å². The van der Waals surface area contributed by atoms with Gasteiger partial charge in [0, 0.05) is 11.7 Å². The second kappa shape index (κ2) is 5.92. The predicted octanol–water partition coefficient (Wildman–Crippen LogP) is 2.88. The van der Waals surface area contributed by atoms with E-state index in [0.717, 1.165) is 12.8 Å². The Hall–Kier alpha value is -1.78. The zero-order chi connectivity index (χ0) is 15.7. The predicted molar refractivity (Wildman–Crippen MR) is 80.7 cm³/mol. The van der Waals surface area contributed by atoms with Gasteiger partial charge < -0.3 is 15.4 Å². The van der Waals surface area contributed by atoms with E-state index in [4.69, 9.17) is 5.11 Å². The van der Waals surface area contributed by atoms with Crippen molar-refractivity contribution in [3.05, 3.63) is 22.5 Å². The van der Waals surface area contributed by atoms with Crippen LogP contribution >= 0.6 is 0 Å². The topological polar surface area (TPSA) is 82.2 Å². The molecule has 5 nitrogen and oxygen atoms in total. The number of hydrogen-bond acceptors (Lipinski definition) is 2. The van der Waals surface area contributed by atoms with Crippen molar-refractivity contribution in [2.24, 2.45) is 11.8 Å². The molecule has 1 aliphatic carbocycles. The van der Waals surface area contributed by atoms with Crippen molar-refractivity contribution in [1.82, 2.24) is 10.3 Å². The van der Waals surface area contributed by atoms with Crippen LogP contribution in [0.15, 0.2) is 0 Å². The summed E-state index contributed by atoms with van der Waals surface area (Å²) in [6.45, 7) is 7.81. The lowest BCUT2D eigenvalue weighted by molar-refractivity contribution is 0.0690. The number of nitrogens with one attached hydrogen (secondary N) is 2. The fourth-order valence-corrected chi connectivity index (χ4v) is 3.33. The first-order valence-electron chi connectivity index (χ1n) is 7.56. The Balaban J connectivity index is 2.19. The summed E-state index contributed by atoms with van der Waals surface area (Å²) in [7, 11) is 0. The van der Waals surface area contributed by atoms with Crippen LogP contribution in [0.25, 0.3) is 0 Å². The number of aromatic amines is 1. The van der Waals surface area contributed by atoms with Crippen LogP contribution in [-0.2, 0) is 0 Å². The molecule has 0 aliphatic heterocycles. The Kier molecular flexibility index (Phi) is 4.40. The molecular weight excluding hydrogens is 268 g/mol. The third kappa shape index (κ3) is 2.96. The Morgan fingerprint density at radius 1 is 1.24 bits per heavy atom. The van der Waals surface area contributed by atoms with Crippen LogP contribution in [0.3, 0.4) is 0 Å². The van der Waals surface area contributed by atoms with Gasteiger partial charge in [0.25, 0.3) is 5.91 Å². The van der Waals surface area contributed by atoms with E-state index in [9.17, 15) is 9.59 Å². The van der Waals surface area contributed by atoms with Crippen LogP contribution in [0.5, 0.6) is 0 Å². The molecule has 3 unspecified atom stereocenters. The maximum absolute atomic E-state index is 12.5. The molecule has 1 aromatic rings. The number of H-pyrrole nitrogens is 1. The van der Waals surface area contributed by atoms with Crippen LogP contribution in [0.1, 0.15) is 65.2 Å². The van der Waals surface area contributed by atoms with Crippen molar-refractivity contribution in [2.75, 3.05) is 0 Å². The van der Waals surface area contributed by atoms with Gasteiger partial charge in [0.2, 0.25) is 0 Å². The minimum atomic E-state index is -1.03. The molecule has 21 heavy (non-hydrogen) atoms. The molecule has 1 saturated carbocycles. The number of rotatable bonds is 3. The Morgan fingerprint density at radius 3 is 2.48 bits per heavy atom. The molecule has 1 aliphatic rings. The van der Waals surface area contributed by atoms with E-state index < -0.39 is 5.97 Å². The summed E-state index contributed by atoms with van der Waals surface area (Å²) in [5, 5.41) is 12.2. The molecule has 1 fully saturated rings. The highest BCUT2D eigenvalue weighted by Crippen LogP contribution is 2.30. The molecule has 3 atom stereocenters. The van der Waals surface area contributed by atoms with E-state index in [0.29, 0.717) is 28.7 Å². The fourth-order valence-electron chi connectivity index (χ4n) is 3.33. The van der Waals surface area contributed by atoms with Crippen molar-refractivity contribution in [1.29, 1.82) is 0 Å². The monoisotopic (exact) mass is 292 g/mol. The number of aromatic carboxylic acids is 1. The molecule has 0 radical (unpaired) electrons. The SMILES string of the molecule is Cc1[nH]c(C(=O)O)c(C)c1C(=O)NC1CCCC(C)C1C. The highest BCUT2D eigenvalue weighted by atomic mass is 16.4. The van der Waals surface area contributed by atoms with Gasteiger partial charge in [-0.25, -0.2) is 4.79 Å². The molecule has 3 N–H and O–H groups in total. The molecular formula is C16H24N2O3. The van der Waals surface area contributed by atoms with E-state index in [2.05, 4.69) is 24.1 Å². The summed E-state index contributed by atoms with van der Waals surface area (Å²) < 4.78 is 0. The first kappa shape index (κ1) is 15.6. The minimum Gasteiger partial charge on any atom is -0.477 e. The van der Waals surface area contributed by atoms with E-state index in [1.165, 1.54) is 6.42 Å². The van der Waals surface area contributed by atoms with Gasteiger partial charge in [-0.3, -0.25) is 4.79 Å². The maximum Gasteiger partial charge on any atom is 0.352 e. The van der Waals surface area contributed by atoms with Crippen LogP contribution in [0, 0.1) is 25.7 Å². The summed E-state index contributed by atoms with van der Waals surface area (Å²) >= 11 is 0. The van der Waals surface area contributed by atoms with E-state index in [-0.39, 0.29) is 17.6 Å². The number of carbonyl (C=O) groups excluding carboxylic acids is 1. The second-order valence-corrected chi connectivity index (χ2v) is 6.28. The smallest absolute Gasteiger partial charge is 0.352 e. The Labute approximate surface area is 125 Å². The molecule has 2 rings (SSSR count). The van der Waals surface area contributed by atoms with Crippen LogP contribution in [0.2, 0.25) is 0 Å². The maximum atomic E-state index is 12.5. The standard InChI is InChI=1S/C16H24N2O3/c1-8-6-5-7-12(9(8)2)18-15(19)13-10(3)14(16(20)21)17-11(13)4/h8-9,12,17H,5-7H2,1-4H3,(H,18,19)(H,20,21). The lowest BCUT2D eigenvalue weighted by Crippen LogP contribution is -2.43. The number of aromatic nitrogens is 1. The van der Waals surface area contributed by atoms with Gasteiger partial charge in [-0.1, -0.05) is 26.7 Å². The van der Waals surface area contributed by atoms with Gasteiger partial charge in [0.15, 0.2) is 0 Å². The Morgan fingerprint density at radius 2 is 1.90 bits per heavy atom. The molecule has 1 heterocycles. The summed E-state index contributed by atoms with van der Waals surface area (Å²) in [5.41, 5.74) is 1.69. The van der Waals surface area contributed by atoms with Gasteiger partial charge in [-0.2, -0.15) is 0 Å². The first-order chi connectivity index (χ1) is 9.82. The lowest BCUT2D eigenvalue weighted by atomic mass is 9.78. The summed E-state index contributed by atoms with van der Waals surface area (Å²) in [6.07, 6.45) is 3.33. The number of hydrogen-bond donors (Lipinski definition) is 3. The van der Waals surface area contributed by atoms with Gasteiger partial charge in [0.05, 0.1) is 5.56 Å². The first-order valence-corrected chi connectivity index (χ1v) is 7.56. The third-order valence-corrected chi connectivity index (χ3v) is 4.90. The molecule has 1 aromatic heterocycles. The van der Waals surface area contributed by atoms with Gasteiger partial charge in [-0.05, 0) is 37.7 Å². The minimum absolute atomic E-state index is 0.0997. The Bertz CT molecular complexity index is 562. The number of carbonyl (C=O) groups is 2. The molecule has 116 valence electrons. The van der Waals surface area contributed by atoms with E-state index in [1.807, 2.05) is 0 Å². The molecule has 0 spiro atoms.